The van der Waals surface area contributed by atoms with Crippen LogP contribution in [0.2, 0.25) is 0 Å². The summed E-state index contributed by atoms with van der Waals surface area (Å²) in [6.07, 6.45) is 4.77. The summed E-state index contributed by atoms with van der Waals surface area (Å²) < 4.78 is 5.34. The maximum atomic E-state index is 5.34. The molecule has 1 saturated heterocycles. The highest BCUT2D eigenvalue weighted by Crippen LogP contribution is 2.26. The first-order valence-corrected chi connectivity index (χ1v) is 6.81. The van der Waals surface area contributed by atoms with E-state index >= 15 is 0 Å². The van der Waals surface area contributed by atoms with Crippen molar-refractivity contribution >= 4 is 0 Å². The van der Waals surface area contributed by atoms with Crippen molar-refractivity contribution < 1.29 is 4.52 Å². The highest BCUT2D eigenvalue weighted by atomic mass is 16.5. The Bertz CT molecular complexity index is 350. The van der Waals surface area contributed by atoms with Crippen LogP contribution < -0.4 is 0 Å². The molecule has 1 aliphatic rings. The van der Waals surface area contributed by atoms with Crippen LogP contribution in [-0.2, 0) is 6.42 Å². The zero-order chi connectivity index (χ0) is 12.3. The zero-order valence-corrected chi connectivity index (χ0v) is 11.1. The van der Waals surface area contributed by atoms with Crippen LogP contribution in [0.5, 0.6) is 0 Å². The largest absolute Gasteiger partial charge is 0.338 e. The molecule has 0 radical (unpaired) electrons. The molecule has 2 heterocycles. The van der Waals surface area contributed by atoms with E-state index < -0.39 is 0 Å². The van der Waals surface area contributed by atoms with Crippen molar-refractivity contribution in [1.82, 2.24) is 15.0 Å². The predicted octanol–water partition coefficient (Wildman–Crippen LogP) is 2.82. The van der Waals surface area contributed by atoms with Crippen LogP contribution in [0.4, 0.5) is 0 Å². The van der Waals surface area contributed by atoms with Crippen LogP contribution in [0.3, 0.4) is 0 Å². The van der Waals surface area contributed by atoms with Crippen molar-refractivity contribution in [1.29, 1.82) is 0 Å². The third-order valence-electron chi connectivity index (χ3n) is 3.83. The Morgan fingerprint density at radius 3 is 2.94 bits per heavy atom. The van der Waals surface area contributed by atoms with Crippen LogP contribution in [-0.4, -0.2) is 28.1 Å². The monoisotopic (exact) mass is 237 g/mol. The molecule has 0 N–H and O–H groups in total. The Balaban J connectivity index is 2.00. The summed E-state index contributed by atoms with van der Waals surface area (Å²) in [7, 11) is 0. The van der Waals surface area contributed by atoms with Gasteiger partial charge in [0, 0.05) is 13.0 Å². The Kier molecular flexibility index (Phi) is 4.15. The molecule has 1 aliphatic heterocycles. The van der Waals surface area contributed by atoms with Gasteiger partial charge >= 0.3 is 0 Å². The molecule has 1 fully saturated rings. The summed E-state index contributed by atoms with van der Waals surface area (Å²) in [5.41, 5.74) is 0. The minimum absolute atomic E-state index is 0.261. The fourth-order valence-electron chi connectivity index (χ4n) is 2.52. The van der Waals surface area contributed by atoms with Gasteiger partial charge < -0.3 is 4.52 Å². The van der Waals surface area contributed by atoms with E-state index in [4.69, 9.17) is 4.52 Å². The van der Waals surface area contributed by atoms with Crippen LogP contribution in [0.1, 0.15) is 57.8 Å². The highest BCUT2D eigenvalue weighted by Gasteiger charge is 2.26. The number of piperidine rings is 1. The number of likely N-dealkylation sites (tertiary alicyclic amines) is 1. The molecule has 4 heteroatoms. The lowest BCUT2D eigenvalue weighted by Gasteiger charge is -2.34. The number of hydrogen-bond acceptors (Lipinski definition) is 4. The molecule has 0 unspecified atom stereocenters. The fourth-order valence-corrected chi connectivity index (χ4v) is 2.52. The predicted molar refractivity (Wildman–Crippen MR) is 66.7 cm³/mol. The van der Waals surface area contributed by atoms with Crippen LogP contribution in [0.25, 0.3) is 0 Å². The first-order valence-electron chi connectivity index (χ1n) is 6.81. The number of rotatable bonds is 4. The van der Waals surface area contributed by atoms with Gasteiger partial charge in [0.25, 0.3) is 0 Å². The second-order valence-corrected chi connectivity index (χ2v) is 4.99. The average molecular weight is 237 g/mol. The van der Waals surface area contributed by atoms with E-state index in [9.17, 15) is 0 Å². The van der Waals surface area contributed by atoms with Crippen molar-refractivity contribution in [2.24, 2.45) is 5.92 Å². The lowest BCUT2D eigenvalue weighted by atomic mass is 9.95. The minimum Gasteiger partial charge on any atom is -0.338 e. The third-order valence-corrected chi connectivity index (χ3v) is 3.83. The molecular formula is C13H23N3O. The van der Waals surface area contributed by atoms with Gasteiger partial charge in [-0.25, -0.2) is 0 Å². The van der Waals surface area contributed by atoms with Gasteiger partial charge in [-0.05, 0) is 32.2 Å². The zero-order valence-electron chi connectivity index (χ0n) is 11.1. The normalized spacial score (nSPS) is 23.8. The topological polar surface area (TPSA) is 42.2 Å². The Morgan fingerprint density at radius 1 is 1.47 bits per heavy atom. The second kappa shape index (κ2) is 5.63. The van der Waals surface area contributed by atoms with E-state index in [1.54, 1.807) is 0 Å². The summed E-state index contributed by atoms with van der Waals surface area (Å²) in [4.78, 5) is 6.91. The third kappa shape index (κ3) is 2.86. The lowest BCUT2D eigenvalue weighted by Crippen LogP contribution is -2.37. The highest BCUT2D eigenvalue weighted by molar-refractivity contribution is 4.93. The van der Waals surface area contributed by atoms with Crippen LogP contribution in [0.15, 0.2) is 4.52 Å². The number of nitrogens with zero attached hydrogens (tertiary/aromatic N) is 3. The maximum Gasteiger partial charge on any atom is 0.243 e. The first kappa shape index (κ1) is 12.6. The van der Waals surface area contributed by atoms with Crippen molar-refractivity contribution in [3.8, 4) is 0 Å². The Morgan fingerprint density at radius 2 is 2.29 bits per heavy atom. The van der Waals surface area contributed by atoms with E-state index in [0.717, 1.165) is 30.6 Å². The molecule has 0 aromatic carbocycles. The molecule has 2 rings (SSSR count). The maximum absolute atomic E-state index is 5.34. The SMILES string of the molecule is CCc1noc([C@H](C)N2CCC[C@H](CC)C2)n1. The molecule has 1 aromatic heterocycles. The summed E-state index contributed by atoms with van der Waals surface area (Å²) in [6, 6.07) is 0.261. The molecule has 0 amide bonds. The van der Waals surface area contributed by atoms with Gasteiger partial charge in [0.05, 0.1) is 6.04 Å². The van der Waals surface area contributed by atoms with E-state index in [1.165, 1.54) is 25.8 Å². The molecule has 2 atom stereocenters. The van der Waals surface area contributed by atoms with Crippen molar-refractivity contribution in [2.75, 3.05) is 13.1 Å². The van der Waals surface area contributed by atoms with Crippen molar-refractivity contribution in [3.05, 3.63) is 11.7 Å². The van der Waals surface area contributed by atoms with Crippen LogP contribution in [0, 0.1) is 5.92 Å². The quantitative estimate of drug-likeness (QED) is 0.807. The van der Waals surface area contributed by atoms with Crippen molar-refractivity contribution in [3.63, 3.8) is 0 Å². The summed E-state index contributed by atoms with van der Waals surface area (Å²) in [5, 5.41) is 3.98. The molecule has 0 bridgehead atoms. The van der Waals surface area contributed by atoms with E-state index in [1.807, 2.05) is 6.92 Å². The van der Waals surface area contributed by atoms with Gasteiger partial charge in [-0.1, -0.05) is 25.4 Å². The summed E-state index contributed by atoms with van der Waals surface area (Å²) in [6.45, 7) is 8.82. The lowest BCUT2D eigenvalue weighted by molar-refractivity contribution is 0.109. The average Bonchev–Trinajstić information content (AvgIpc) is 2.86. The molecular weight excluding hydrogens is 214 g/mol. The number of hydrogen-bond donors (Lipinski definition) is 0. The Labute approximate surface area is 103 Å². The van der Waals surface area contributed by atoms with Crippen molar-refractivity contribution in [2.45, 2.75) is 52.5 Å². The molecule has 1 aromatic rings. The van der Waals surface area contributed by atoms with E-state index in [-0.39, 0.29) is 6.04 Å². The number of aryl methyl sites for hydroxylation is 1. The van der Waals surface area contributed by atoms with Gasteiger partial charge in [-0.3, -0.25) is 4.90 Å². The fraction of sp³-hybridized carbons (Fsp3) is 0.846. The second-order valence-electron chi connectivity index (χ2n) is 4.99. The smallest absolute Gasteiger partial charge is 0.243 e. The standard InChI is InChI=1S/C13H23N3O/c1-4-11-7-6-8-16(9-11)10(3)13-14-12(5-2)15-17-13/h10-11H,4-9H2,1-3H3/t10-,11-/m0/s1. The molecule has 0 spiro atoms. The molecule has 4 nitrogen and oxygen atoms in total. The Hall–Kier alpha value is -0.900. The van der Waals surface area contributed by atoms with Crippen LogP contribution >= 0.6 is 0 Å². The molecule has 0 aliphatic carbocycles. The molecule has 17 heavy (non-hydrogen) atoms. The summed E-state index contributed by atoms with van der Waals surface area (Å²) >= 11 is 0. The van der Waals surface area contributed by atoms with Gasteiger partial charge in [0.2, 0.25) is 5.89 Å². The van der Waals surface area contributed by atoms with Gasteiger partial charge in [-0.15, -0.1) is 0 Å². The summed E-state index contributed by atoms with van der Waals surface area (Å²) in [5.74, 6) is 2.43. The van der Waals surface area contributed by atoms with E-state index in [0.29, 0.717) is 0 Å². The molecule has 0 saturated carbocycles. The number of aromatic nitrogens is 2. The van der Waals surface area contributed by atoms with E-state index in [2.05, 4.69) is 28.9 Å². The molecule has 96 valence electrons. The van der Waals surface area contributed by atoms with Gasteiger partial charge in [-0.2, -0.15) is 4.98 Å². The van der Waals surface area contributed by atoms with Gasteiger partial charge in [0.1, 0.15) is 0 Å². The minimum atomic E-state index is 0.261. The first-order chi connectivity index (χ1) is 8.24. The van der Waals surface area contributed by atoms with Gasteiger partial charge in [0.15, 0.2) is 5.82 Å².